The molecule has 3 aromatic carbocycles. The van der Waals surface area contributed by atoms with Gasteiger partial charge in [-0.05, 0) is 77.3 Å². The summed E-state index contributed by atoms with van der Waals surface area (Å²) in [5.74, 6) is 1.75. The van der Waals surface area contributed by atoms with Gasteiger partial charge in [0, 0.05) is 5.70 Å². The van der Waals surface area contributed by atoms with Crippen molar-refractivity contribution in [3.63, 3.8) is 0 Å². The maximum Gasteiger partial charge on any atom is 0.255 e. The molecule has 5 rings (SSSR count). The van der Waals surface area contributed by atoms with Crippen LogP contribution in [0, 0.1) is 0 Å². The first kappa shape index (κ1) is 28.8. The number of nitrogens with one attached hydrogen (secondary N) is 2. The lowest BCUT2D eigenvalue weighted by Gasteiger charge is -2.29. The van der Waals surface area contributed by atoms with E-state index in [0.29, 0.717) is 61.3 Å². The molecule has 0 radical (unpaired) electrons. The first-order valence-corrected chi connectivity index (χ1v) is 14.2. The highest BCUT2D eigenvalue weighted by Gasteiger charge is 2.35. The summed E-state index contributed by atoms with van der Waals surface area (Å²) in [5.41, 5.74) is 3.22. The van der Waals surface area contributed by atoms with Gasteiger partial charge in [0.15, 0.2) is 11.5 Å². The van der Waals surface area contributed by atoms with Crippen molar-refractivity contribution in [1.29, 1.82) is 0 Å². The minimum absolute atomic E-state index is 0.237. The first-order chi connectivity index (χ1) is 19.8. The quantitative estimate of drug-likeness (QED) is 0.195. The van der Waals surface area contributed by atoms with Crippen LogP contribution in [0.25, 0.3) is 0 Å². The van der Waals surface area contributed by atoms with Gasteiger partial charge in [0.1, 0.15) is 24.7 Å². The lowest BCUT2D eigenvalue weighted by molar-refractivity contribution is -0.113. The number of methoxy groups -OCH3 is 1. The zero-order valence-electron chi connectivity index (χ0n) is 22.4. The van der Waals surface area contributed by atoms with Crippen LogP contribution in [0.4, 0.5) is 11.6 Å². The van der Waals surface area contributed by atoms with Crippen molar-refractivity contribution in [2.45, 2.75) is 26.5 Å². The molecule has 2 N–H and O–H groups in total. The average molecular weight is 659 g/mol. The van der Waals surface area contributed by atoms with Crippen LogP contribution in [-0.2, 0) is 11.4 Å². The van der Waals surface area contributed by atoms with Crippen LogP contribution < -0.4 is 24.8 Å². The lowest BCUT2D eigenvalue weighted by Crippen LogP contribution is -2.31. The highest BCUT2D eigenvalue weighted by molar-refractivity contribution is 9.10. The number of allylic oxidation sites excluding steroid dienone is 1. The highest BCUT2D eigenvalue weighted by Crippen LogP contribution is 2.43. The van der Waals surface area contributed by atoms with Crippen LogP contribution in [0.15, 0.2) is 76.7 Å². The molecule has 1 unspecified atom stereocenters. The summed E-state index contributed by atoms with van der Waals surface area (Å²) in [6, 6.07) is 15.7. The van der Waals surface area contributed by atoms with Gasteiger partial charge in [-0.1, -0.05) is 41.4 Å². The summed E-state index contributed by atoms with van der Waals surface area (Å²) >= 11 is 15.9. The fraction of sp³-hybridized carbons (Fsp3) is 0.207. The number of hydrogen-bond acceptors (Lipinski definition) is 7. The number of hydrogen-bond donors (Lipinski definition) is 2. The van der Waals surface area contributed by atoms with E-state index < -0.39 is 6.04 Å². The number of anilines is 2. The van der Waals surface area contributed by atoms with E-state index >= 15 is 0 Å². The van der Waals surface area contributed by atoms with E-state index in [1.54, 1.807) is 36.1 Å². The fourth-order valence-corrected chi connectivity index (χ4v) is 5.46. The van der Waals surface area contributed by atoms with E-state index in [9.17, 15) is 4.79 Å². The Kier molecular flexibility index (Phi) is 8.72. The monoisotopic (exact) mass is 657 g/mol. The van der Waals surface area contributed by atoms with Crippen LogP contribution >= 0.6 is 39.1 Å². The van der Waals surface area contributed by atoms with Crippen molar-refractivity contribution in [3.8, 4) is 17.2 Å². The Balaban J connectivity index is 1.53. The molecule has 2 heterocycles. The molecule has 1 aliphatic heterocycles. The summed E-state index contributed by atoms with van der Waals surface area (Å²) in [6.45, 7) is 4.35. The van der Waals surface area contributed by atoms with Crippen molar-refractivity contribution in [3.05, 3.63) is 97.8 Å². The Hall–Kier alpha value is -3.73. The minimum atomic E-state index is -0.622. The van der Waals surface area contributed by atoms with Gasteiger partial charge in [-0.3, -0.25) is 4.79 Å². The van der Waals surface area contributed by atoms with Gasteiger partial charge in [-0.25, -0.2) is 4.68 Å². The predicted molar refractivity (Wildman–Crippen MR) is 162 cm³/mol. The second-order valence-corrected chi connectivity index (χ2v) is 10.7. The average Bonchev–Trinajstić information content (AvgIpc) is 3.42. The number of halogens is 3. The van der Waals surface area contributed by atoms with Crippen LogP contribution in [0.5, 0.6) is 17.2 Å². The number of rotatable bonds is 9. The Labute approximate surface area is 255 Å². The lowest BCUT2D eigenvalue weighted by atomic mass is 9.94. The van der Waals surface area contributed by atoms with Crippen molar-refractivity contribution < 1.29 is 19.0 Å². The third-order valence-electron chi connectivity index (χ3n) is 6.41. The molecule has 1 aliphatic rings. The molecule has 0 aliphatic carbocycles. The number of aromatic nitrogens is 3. The van der Waals surface area contributed by atoms with Gasteiger partial charge in [0.05, 0.1) is 39.5 Å². The summed E-state index contributed by atoms with van der Waals surface area (Å²) < 4.78 is 19.9. The van der Waals surface area contributed by atoms with Crippen LogP contribution in [-0.4, -0.2) is 34.4 Å². The molecule has 1 amide bonds. The molecule has 0 bridgehead atoms. The number of amides is 1. The Morgan fingerprint density at radius 2 is 1.90 bits per heavy atom. The number of para-hydroxylation sites is 2. The van der Waals surface area contributed by atoms with Gasteiger partial charge in [-0.2, -0.15) is 10.1 Å². The van der Waals surface area contributed by atoms with Crippen LogP contribution in [0.1, 0.15) is 31.0 Å². The third-order valence-corrected chi connectivity index (χ3v) is 7.74. The number of carbonyl (C=O) groups excluding carboxylic acids is 1. The van der Waals surface area contributed by atoms with Crippen molar-refractivity contribution >= 4 is 56.7 Å². The van der Waals surface area contributed by atoms with E-state index in [4.69, 9.17) is 37.4 Å². The highest BCUT2D eigenvalue weighted by atomic mass is 79.9. The maximum atomic E-state index is 13.8. The van der Waals surface area contributed by atoms with Crippen LogP contribution in [0.3, 0.4) is 0 Å². The van der Waals surface area contributed by atoms with E-state index in [1.165, 1.54) is 6.33 Å². The normalized spacial score (nSPS) is 14.2. The number of ether oxygens (including phenoxy) is 3. The molecule has 0 fully saturated rings. The SMILES string of the molecule is CCOc1cc(C2C(C(=O)Nc3ccccc3OC)=C(C)Nc3ncnn32)cc(Br)c1OCc1ccc(Cl)c(Cl)c1. The second kappa shape index (κ2) is 12.4. The Morgan fingerprint density at radius 1 is 1.10 bits per heavy atom. The molecule has 0 saturated carbocycles. The number of benzene rings is 3. The van der Waals surface area contributed by atoms with Gasteiger partial charge in [-0.15, -0.1) is 0 Å². The van der Waals surface area contributed by atoms with Crippen molar-refractivity contribution in [2.24, 2.45) is 0 Å². The molecular formula is C29H26BrCl2N5O4. The molecule has 0 saturated heterocycles. The van der Waals surface area contributed by atoms with Gasteiger partial charge in [0.2, 0.25) is 5.95 Å². The molecule has 1 aromatic heterocycles. The molecule has 1 atom stereocenters. The molecule has 9 nitrogen and oxygen atoms in total. The number of fused-ring (bicyclic) bond motifs is 1. The largest absolute Gasteiger partial charge is 0.495 e. The zero-order valence-corrected chi connectivity index (χ0v) is 25.5. The van der Waals surface area contributed by atoms with Gasteiger partial charge < -0.3 is 24.8 Å². The molecule has 12 heteroatoms. The van der Waals surface area contributed by atoms with E-state index in [1.807, 2.05) is 44.2 Å². The summed E-state index contributed by atoms with van der Waals surface area (Å²) in [7, 11) is 1.56. The zero-order chi connectivity index (χ0) is 29.1. The minimum Gasteiger partial charge on any atom is -0.495 e. The van der Waals surface area contributed by atoms with E-state index in [2.05, 4.69) is 36.6 Å². The predicted octanol–water partition coefficient (Wildman–Crippen LogP) is 7.26. The van der Waals surface area contributed by atoms with Gasteiger partial charge >= 0.3 is 0 Å². The van der Waals surface area contributed by atoms with E-state index in [0.717, 1.165) is 11.1 Å². The van der Waals surface area contributed by atoms with Crippen LogP contribution in [0.2, 0.25) is 10.0 Å². The third kappa shape index (κ3) is 6.00. The standard InChI is InChI=1S/C29H26BrCl2N5O4/c1-4-40-24-13-18(12-19(30)27(24)41-14-17-9-10-20(31)21(32)11-17)26-25(16(2)35-29-33-15-34-37(26)29)28(38)36-22-7-5-6-8-23(22)39-3/h5-13,15,26H,4,14H2,1-3H3,(H,36,38)(H,33,34,35). The summed E-state index contributed by atoms with van der Waals surface area (Å²) in [5, 5.41) is 11.5. The number of nitrogens with zero attached hydrogens (tertiary/aromatic N) is 3. The van der Waals surface area contributed by atoms with Crippen molar-refractivity contribution in [2.75, 3.05) is 24.4 Å². The maximum absolute atomic E-state index is 13.8. The molecular weight excluding hydrogens is 633 g/mol. The molecule has 4 aromatic rings. The van der Waals surface area contributed by atoms with Gasteiger partial charge in [0.25, 0.3) is 5.91 Å². The summed E-state index contributed by atoms with van der Waals surface area (Å²) in [6.07, 6.45) is 1.44. The molecule has 41 heavy (non-hydrogen) atoms. The second-order valence-electron chi connectivity index (χ2n) is 9.05. The van der Waals surface area contributed by atoms with E-state index in [-0.39, 0.29) is 12.5 Å². The molecule has 212 valence electrons. The van der Waals surface area contributed by atoms with Crippen molar-refractivity contribution in [1.82, 2.24) is 14.8 Å². The Bertz CT molecular complexity index is 1640. The topological polar surface area (TPSA) is 99.5 Å². The Morgan fingerprint density at radius 3 is 2.66 bits per heavy atom. The summed E-state index contributed by atoms with van der Waals surface area (Å²) in [4.78, 5) is 18.2. The first-order valence-electron chi connectivity index (χ1n) is 12.6. The molecule has 0 spiro atoms. The fourth-order valence-electron chi connectivity index (χ4n) is 4.56. The number of carbonyl (C=O) groups is 1. The smallest absolute Gasteiger partial charge is 0.255 e.